The number of aliphatic hydroxyl groups excluding tert-OH is 2. The summed E-state index contributed by atoms with van der Waals surface area (Å²) in [5.74, 6) is -1.10. The number of dihydropyridines is 2. The minimum Gasteiger partial charge on any atom is -0.507 e. The van der Waals surface area contributed by atoms with Crippen LogP contribution in [-0.2, 0) is 22.6 Å². The quantitative estimate of drug-likeness (QED) is 0.176. The van der Waals surface area contributed by atoms with Crippen molar-refractivity contribution in [3.63, 3.8) is 0 Å². The van der Waals surface area contributed by atoms with E-state index in [4.69, 9.17) is 25.4 Å². The number of hydrogen-bond acceptors (Lipinski definition) is 12. The monoisotopic (exact) mass is 708 g/mol. The van der Waals surface area contributed by atoms with E-state index in [-0.39, 0.29) is 48.1 Å². The molecule has 52 heavy (non-hydrogen) atoms. The van der Waals surface area contributed by atoms with Crippen LogP contribution in [0.5, 0.6) is 11.5 Å². The lowest BCUT2D eigenvalue weighted by Gasteiger charge is -2.49. The Morgan fingerprint density at radius 2 is 2.02 bits per heavy atom. The molecule has 0 saturated carbocycles. The molecule has 1 aromatic carbocycles. The Morgan fingerprint density at radius 3 is 2.77 bits per heavy atom. The minimum atomic E-state index is -1.25. The molecule has 4 aliphatic heterocycles. The third-order valence-electron chi connectivity index (χ3n) is 11.7. The summed E-state index contributed by atoms with van der Waals surface area (Å²) >= 11 is 0. The molecule has 12 heteroatoms. The van der Waals surface area contributed by atoms with Gasteiger partial charge in [0.25, 0.3) is 0 Å². The van der Waals surface area contributed by atoms with Crippen LogP contribution in [0.15, 0.2) is 96.2 Å². The first-order chi connectivity index (χ1) is 25.0. The van der Waals surface area contributed by atoms with Gasteiger partial charge < -0.3 is 51.3 Å². The zero-order chi connectivity index (χ0) is 36.6. The number of carbonyl (C=O) groups is 1. The summed E-state index contributed by atoms with van der Waals surface area (Å²) in [6.45, 7) is 5.04. The lowest BCUT2D eigenvalue weighted by Crippen LogP contribution is -2.57. The topological polar surface area (TPSA) is 203 Å². The van der Waals surface area contributed by atoms with Gasteiger partial charge in [0.15, 0.2) is 11.0 Å². The molecular weight excluding hydrogens is 664 g/mol. The summed E-state index contributed by atoms with van der Waals surface area (Å²) in [7, 11) is 0. The lowest BCUT2D eigenvalue weighted by atomic mass is 9.67. The Bertz CT molecular complexity index is 2220. The number of fused-ring (bicyclic) bond motifs is 7. The van der Waals surface area contributed by atoms with Crippen molar-refractivity contribution in [1.29, 1.82) is 0 Å². The van der Waals surface area contributed by atoms with Crippen LogP contribution in [0.25, 0.3) is 11.0 Å². The number of esters is 1. The van der Waals surface area contributed by atoms with Crippen LogP contribution in [0, 0.1) is 5.92 Å². The lowest BCUT2D eigenvalue weighted by molar-refractivity contribution is -0.162. The van der Waals surface area contributed by atoms with Crippen LogP contribution in [-0.4, -0.2) is 52.3 Å². The van der Waals surface area contributed by atoms with E-state index in [2.05, 4.69) is 16.7 Å². The number of benzene rings is 1. The predicted octanol–water partition coefficient (Wildman–Crippen LogP) is 3.48. The molecule has 1 aromatic heterocycles. The SMILES string of the molecule is CC=C(C)C(=O)OC1Cc2c3c(c4oc(CO)cc(=O)c4c2O)C(CCO)C2=CCNC(N)=C2C2=CCC4=C2C(CC2=CNC(N)C=C2C4)C1(C)O3. The summed E-state index contributed by atoms with van der Waals surface area (Å²) in [5, 5.41) is 39.3. The fraction of sp³-hybridized carbons (Fsp3) is 0.400. The van der Waals surface area contributed by atoms with E-state index < -0.39 is 41.5 Å². The molecule has 272 valence electrons. The van der Waals surface area contributed by atoms with Gasteiger partial charge in [0.2, 0.25) is 0 Å². The van der Waals surface area contributed by atoms with Crippen molar-refractivity contribution < 1.29 is 34.0 Å². The summed E-state index contributed by atoms with van der Waals surface area (Å²) in [4.78, 5) is 27.4. The van der Waals surface area contributed by atoms with Crippen molar-refractivity contribution in [2.24, 2.45) is 17.4 Å². The number of allylic oxidation sites excluding steroid dienone is 8. The van der Waals surface area contributed by atoms with Gasteiger partial charge in [0.05, 0.1) is 6.17 Å². The van der Waals surface area contributed by atoms with Crippen molar-refractivity contribution in [2.75, 3.05) is 13.2 Å². The molecule has 0 spiro atoms. The van der Waals surface area contributed by atoms with Gasteiger partial charge in [0, 0.05) is 65.9 Å². The van der Waals surface area contributed by atoms with Gasteiger partial charge in [-0.3, -0.25) is 4.79 Å². The number of aliphatic hydroxyl groups is 2. The maximum absolute atomic E-state index is 13.7. The first-order valence-electron chi connectivity index (χ1n) is 17.9. The third kappa shape index (κ3) is 5.07. The number of ether oxygens (including phenoxy) is 2. The number of nitrogens with two attached hydrogens (primary N) is 2. The van der Waals surface area contributed by atoms with E-state index >= 15 is 0 Å². The molecule has 2 aromatic rings. The average molecular weight is 709 g/mol. The molecule has 0 saturated heterocycles. The van der Waals surface area contributed by atoms with Crippen LogP contribution in [0.2, 0.25) is 0 Å². The third-order valence-corrected chi connectivity index (χ3v) is 11.7. The maximum atomic E-state index is 13.7. The Hall–Kier alpha value is -5.04. The van der Waals surface area contributed by atoms with Gasteiger partial charge in [-0.05, 0) is 80.4 Å². The Kier molecular flexibility index (Phi) is 8.24. The molecule has 5 unspecified atom stereocenters. The van der Waals surface area contributed by atoms with Gasteiger partial charge in [-0.15, -0.1) is 0 Å². The number of phenolic OH excluding ortho intramolecular Hbond substituents is 1. The van der Waals surface area contributed by atoms with Gasteiger partial charge in [-0.2, -0.15) is 0 Å². The summed E-state index contributed by atoms with van der Waals surface area (Å²) in [5.41, 5.74) is 19.6. The summed E-state index contributed by atoms with van der Waals surface area (Å²) in [6.07, 6.45) is 10.7. The minimum absolute atomic E-state index is 0.0149. The van der Waals surface area contributed by atoms with Crippen molar-refractivity contribution in [3.05, 3.63) is 114 Å². The number of hydrogen-bond donors (Lipinski definition) is 7. The van der Waals surface area contributed by atoms with Crippen LogP contribution in [0.3, 0.4) is 0 Å². The zero-order valence-electron chi connectivity index (χ0n) is 29.5. The standard InChI is InChI=1S/C40H44N4O8/c1-4-18(2)39(49)51-29-15-26-35(48)34-28(47)14-22(17-46)50-37(34)33-24(8-10-45)23-7-9-43-38(42)32(23)25-6-5-19-11-20-13-30(41)44-16-21(20)12-27(31(19)25)40(29,3)52-36(26)33/h4,6-7,13-14,16,24,27,29-30,43-46,48H,5,8-12,15,17,41-42H2,1-3H3. The average Bonchev–Trinajstić information content (AvgIpc) is 3.44. The fourth-order valence-corrected chi connectivity index (χ4v) is 9.01. The fourth-order valence-electron chi connectivity index (χ4n) is 9.01. The molecule has 2 bridgehead atoms. The zero-order valence-corrected chi connectivity index (χ0v) is 29.5. The molecule has 6 aliphatic rings. The van der Waals surface area contributed by atoms with E-state index in [1.807, 2.05) is 25.3 Å². The number of carbonyl (C=O) groups excluding carboxylic acids is 1. The molecule has 0 fully saturated rings. The molecule has 8 rings (SSSR count). The van der Waals surface area contributed by atoms with E-state index in [1.165, 1.54) is 5.57 Å². The highest BCUT2D eigenvalue weighted by Crippen LogP contribution is 2.59. The van der Waals surface area contributed by atoms with Crippen molar-refractivity contribution >= 4 is 16.9 Å². The number of nitrogens with one attached hydrogen (secondary N) is 2. The molecule has 0 radical (unpaired) electrons. The Morgan fingerprint density at radius 1 is 1.21 bits per heavy atom. The summed E-state index contributed by atoms with van der Waals surface area (Å²) in [6, 6.07) is 1.16. The smallest absolute Gasteiger partial charge is 0.333 e. The number of phenols is 1. The molecule has 0 amide bonds. The second-order valence-corrected chi connectivity index (χ2v) is 14.6. The van der Waals surface area contributed by atoms with Gasteiger partial charge in [-0.25, -0.2) is 4.79 Å². The normalized spacial score (nSPS) is 27.8. The van der Waals surface area contributed by atoms with E-state index in [9.17, 15) is 24.9 Å². The number of aromatic hydroxyl groups is 1. The van der Waals surface area contributed by atoms with Gasteiger partial charge >= 0.3 is 5.97 Å². The Balaban J connectivity index is 1.50. The first-order valence-corrected chi connectivity index (χ1v) is 17.9. The van der Waals surface area contributed by atoms with E-state index in [0.29, 0.717) is 54.1 Å². The van der Waals surface area contributed by atoms with Crippen LogP contribution < -0.4 is 32.3 Å². The Labute approximate surface area is 300 Å². The highest BCUT2D eigenvalue weighted by molar-refractivity contribution is 5.92. The highest BCUT2D eigenvalue weighted by Gasteiger charge is 2.56. The summed E-state index contributed by atoms with van der Waals surface area (Å²) < 4.78 is 20.0. The van der Waals surface area contributed by atoms with Crippen LogP contribution >= 0.6 is 0 Å². The molecule has 5 atom stereocenters. The van der Waals surface area contributed by atoms with Crippen LogP contribution in [0.4, 0.5) is 0 Å². The second kappa shape index (κ2) is 12.6. The maximum Gasteiger partial charge on any atom is 0.333 e. The van der Waals surface area contributed by atoms with E-state index in [0.717, 1.165) is 39.5 Å². The molecule has 12 nitrogen and oxygen atoms in total. The van der Waals surface area contributed by atoms with Crippen molar-refractivity contribution in [1.82, 2.24) is 10.6 Å². The predicted molar refractivity (Wildman–Crippen MR) is 194 cm³/mol. The molecule has 2 aliphatic carbocycles. The van der Waals surface area contributed by atoms with Gasteiger partial charge in [0.1, 0.15) is 46.8 Å². The molecule has 9 N–H and O–H groups in total. The largest absolute Gasteiger partial charge is 0.507 e. The second-order valence-electron chi connectivity index (χ2n) is 14.6. The van der Waals surface area contributed by atoms with Crippen LogP contribution in [0.1, 0.15) is 69.3 Å². The van der Waals surface area contributed by atoms with Crippen molar-refractivity contribution in [2.45, 2.75) is 83.3 Å². The highest BCUT2D eigenvalue weighted by atomic mass is 16.6. The van der Waals surface area contributed by atoms with Gasteiger partial charge in [-0.1, -0.05) is 23.8 Å². The van der Waals surface area contributed by atoms with E-state index in [1.54, 1.807) is 19.9 Å². The first kappa shape index (κ1) is 34.1. The molecule has 5 heterocycles. The molecular formula is C40H44N4O8. The van der Waals surface area contributed by atoms with Crippen molar-refractivity contribution in [3.8, 4) is 11.5 Å². The number of rotatable bonds is 5.